The molecule has 0 saturated heterocycles. The maximum absolute atomic E-state index is 10.4. The molecular formula is C11H14OSi. The van der Waals surface area contributed by atoms with Gasteiger partial charge in [-0.1, -0.05) is 48.2 Å². The lowest BCUT2D eigenvalue weighted by atomic mass is 10.2. The fourth-order valence-corrected chi connectivity index (χ4v) is 2.37. The molecule has 0 aliphatic heterocycles. The summed E-state index contributed by atoms with van der Waals surface area (Å²) < 4.78 is 0. The molecule has 0 fully saturated rings. The van der Waals surface area contributed by atoms with E-state index in [4.69, 9.17) is 0 Å². The number of carbonyl (C=O) groups excluding carboxylic acids is 1. The van der Waals surface area contributed by atoms with E-state index in [-0.39, 0.29) is 0 Å². The Bertz CT molecular complexity index is 311. The molecule has 0 aliphatic carbocycles. The van der Waals surface area contributed by atoms with Crippen LogP contribution in [0.5, 0.6) is 0 Å². The monoisotopic (exact) mass is 190 g/mol. The standard InChI is InChI=1S/C11H14OSi/c1-4-13(2,3)11-7-5-10(9-12)6-8-11/h4-9H,1H2,2-3H3. The van der Waals surface area contributed by atoms with Crippen LogP contribution in [0.2, 0.25) is 13.1 Å². The largest absolute Gasteiger partial charge is 0.298 e. The number of aldehydes is 1. The van der Waals surface area contributed by atoms with E-state index in [1.807, 2.05) is 30.0 Å². The predicted octanol–water partition coefficient (Wildman–Crippen LogP) is 2.14. The van der Waals surface area contributed by atoms with Crippen molar-refractivity contribution in [2.75, 3.05) is 0 Å². The van der Waals surface area contributed by atoms with Gasteiger partial charge in [0.05, 0.1) is 0 Å². The van der Waals surface area contributed by atoms with E-state index in [2.05, 4.69) is 19.7 Å². The SMILES string of the molecule is C=C[Si](C)(C)c1ccc(C=O)cc1. The molecule has 0 atom stereocenters. The minimum absolute atomic E-state index is 0.734. The fraction of sp³-hybridized carbons (Fsp3) is 0.182. The van der Waals surface area contributed by atoms with Crippen LogP contribution < -0.4 is 5.19 Å². The van der Waals surface area contributed by atoms with Gasteiger partial charge in [-0.15, -0.1) is 6.58 Å². The van der Waals surface area contributed by atoms with Gasteiger partial charge >= 0.3 is 0 Å². The van der Waals surface area contributed by atoms with Crippen molar-refractivity contribution in [2.24, 2.45) is 0 Å². The molecule has 68 valence electrons. The fourth-order valence-electron chi connectivity index (χ4n) is 1.11. The molecule has 0 N–H and O–H groups in total. The zero-order valence-electron chi connectivity index (χ0n) is 8.08. The van der Waals surface area contributed by atoms with E-state index in [0.717, 1.165) is 11.8 Å². The molecule has 0 aromatic heterocycles. The van der Waals surface area contributed by atoms with Crippen molar-refractivity contribution in [1.29, 1.82) is 0 Å². The van der Waals surface area contributed by atoms with Gasteiger partial charge in [-0.05, 0) is 0 Å². The van der Waals surface area contributed by atoms with Crippen LogP contribution in [0.4, 0.5) is 0 Å². The Hall–Kier alpha value is -1.15. The summed E-state index contributed by atoms with van der Waals surface area (Å²) >= 11 is 0. The van der Waals surface area contributed by atoms with Crippen LogP contribution in [-0.2, 0) is 0 Å². The molecule has 0 aliphatic rings. The van der Waals surface area contributed by atoms with Gasteiger partial charge in [0.15, 0.2) is 0 Å². The summed E-state index contributed by atoms with van der Waals surface area (Å²) in [5.74, 6) is 0. The lowest BCUT2D eigenvalue weighted by molar-refractivity contribution is 0.112. The van der Waals surface area contributed by atoms with Gasteiger partial charge in [-0.2, -0.15) is 0 Å². The number of carbonyl (C=O) groups is 1. The molecular weight excluding hydrogens is 176 g/mol. The van der Waals surface area contributed by atoms with E-state index < -0.39 is 8.07 Å². The van der Waals surface area contributed by atoms with Gasteiger partial charge in [0.2, 0.25) is 0 Å². The Kier molecular flexibility index (Phi) is 2.83. The first-order valence-corrected chi connectivity index (χ1v) is 7.37. The summed E-state index contributed by atoms with van der Waals surface area (Å²) in [5.41, 5.74) is 2.78. The highest BCUT2D eigenvalue weighted by molar-refractivity contribution is 6.93. The average Bonchev–Trinajstić information content (AvgIpc) is 2.18. The topological polar surface area (TPSA) is 17.1 Å². The molecule has 0 heterocycles. The number of benzene rings is 1. The third-order valence-electron chi connectivity index (χ3n) is 2.30. The highest BCUT2D eigenvalue weighted by atomic mass is 28.3. The predicted molar refractivity (Wildman–Crippen MR) is 59.1 cm³/mol. The van der Waals surface area contributed by atoms with E-state index in [9.17, 15) is 4.79 Å². The van der Waals surface area contributed by atoms with E-state index in [1.165, 1.54) is 5.19 Å². The first-order chi connectivity index (χ1) is 6.10. The molecule has 1 aromatic rings. The molecule has 1 aromatic carbocycles. The molecule has 2 heteroatoms. The van der Waals surface area contributed by atoms with Crippen LogP contribution in [0.15, 0.2) is 36.5 Å². The van der Waals surface area contributed by atoms with Gasteiger partial charge in [0, 0.05) is 5.56 Å². The van der Waals surface area contributed by atoms with Crippen LogP contribution in [-0.4, -0.2) is 14.4 Å². The first kappa shape index (κ1) is 9.93. The third-order valence-corrected chi connectivity index (χ3v) is 5.14. The lowest BCUT2D eigenvalue weighted by Crippen LogP contribution is -2.39. The molecule has 0 amide bonds. The summed E-state index contributed by atoms with van der Waals surface area (Å²) in [4.78, 5) is 10.4. The molecule has 0 radical (unpaired) electrons. The van der Waals surface area contributed by atoms with Gasteiger partial charge < -0.3 is 0 Å². The highest BCUT2D eigenvalue weighted by Crippen LogP contribution is 2.04. The van der Waals surface area contributed by atoms with Crippen molar-refractivity contribution < 1.29 is 4.79 Å². The van der Waals surface area contributed by atoms with Crippen LogP contribution in [0, 0.1) is 0 Å². The normalized spacial score (nSPS) is 10.9. The Morgan fingerprint density at radius 2 is 1.77 bits per heavy atom. The summed E-state index contributed by atoms with van der Waals surface area (Å²) in [6.07, 6.45) is 0.867. The number of hydrogen-bond donors (Lipinski definition) is 0. The first-order valence-electron chi connectivity index (χ1n) is 4.29. The summed E-state index contributed by atoms with van der Waals surface area (Å²) in [5, 5.41) is 1.31. The molecule has 1 nitrogen and oxygen atoms in total. The molecule has 0 spiro atoms. The molecule has 0 unspecified atom stereocenters. The zero-order valence-corrected chi connectivity index (χ0v) is 9.08. The summed E-state index contributed by atoms with van der Waals surface area (Å²) in [7, 11) is -1.44. The number of hydrogen-bond acceptors (Lipinski definition) is 1. The molecule has 0 bridgehead atoms. The van der Waals surface area contributed by atoms with Gasteiger partial charge in [0.1, 0.15) is 14.4 Å². The number of rotatable bonds is 3. The second-order valence-corrected chi connectivity index (χ2v) is 8.09. The van der Waals surface area contributed by atoms with Gasteiger partial charge in [-0.25, -0.2) is 0 Å². The van der Waals surface area contributed by atoms with Crippen LogP contribution in [0.25, 0.3) is 0 Å². The Morgan fingerprint density at radius 1 is 1.23 bits per heavy atom. The zero-order chi connectivity index (χ0) is 9.90. The van der Waals surface area contributed by atoms with Crippen LogP contribution in [0.3, 0.4) is 0 Å². The van der Waals surface area contributed by atoms with Crippen molar-refractivity contribution in [2.45, 2.75) is 13.1 Å². The van der Waals surface area contributed by atoms with Crippen molar-refractivity contribution in [3.63, 3.8) is 0 Å². The van der Waals surface area contributed by atoms with Gasteiger partial charge in [-0.3, -0.25) is 4.79 Å². The molecule has 13 heavy (non-hydrogen) atoms. The maximum Gasteiger partial charge on any atom is 0.150 e. The summed E-state index contributed by atoms with van der Waals surface area (Å²) in [6, 6.07) is 7.77. The van der Waals surface area contributed by atoms with E-state index in [0.29, 0.717) is 0 Å². The maximum atomic E-state index is 10.4. The second-order valence-electron chi connectivity index (χ2n) is 3.67. The van der Waals surface area contributed by atoms with Gasteiger partial charge in [0.25, 0.3) is 0 Å². The smallest absolute Gasteiger partial charge is 0.150 e. The Labute approximate surface area is 80.1 Å². The minimum atomic E-state index is -1.44. The van der Waals surface area contributed by atoms with E-state index >= 15 is 0 Å². The quantitative estimate of drug-likeness (QED) is 0.527. The van der Waals surface area contributed by atoms with E-state index in [1.54, 1.807) is 0 Å². The van der Waals surface area contributed by atoms with Crippen molar-refractivity contribution in [3.8, 4) is 0 Å². The summed E-state index contributed by atoms with van der Waals surface area (Å²) in [6.45, 7) is 8.31. The minimum Gasteiger partial charge on any atom is -0.298 e. The van der Waals surface area contributed by atoms with Crippen molar-refractivity contribution in [3.05, 3.63) is 42.1 Å². The van der Waals surface area contributed by atoms with Crippen molar-refractivity contribution >= 4 is 19.5 Å². The van der Waals surface area contributed by atoms with Crippen LogP contribution >= 0.6 is 0 Å². The third kappa shape index (κ3) is 2.16. The lowest BCUT2D eigenvalue weighted by Gasteiger charge is -2.17. The van der Waals surface area contributed by atoms with Crippen LogP contribution in [0.1, 0.15) is 10.4 Å². The highest BCUT2D eigenvalue weighted by Gasteiger charge is 2.18. The average molecular weight is 190 g/mol. The Balaban J connectivity index is 3.04. The second kappa shape index (κ2) is 3.71. The molecule has 0 saturated carbocycles. The Morgan fingerprint density at radius 3 is 2.15 bits per heavy atom. The van der Waals surface area contributed by atoms with Crippen molar-refractivity contribution in [1.82, 2.24) is 0 Å². The molecule has 1 rings (SSSR count).